The van der Waals surface area contributed by atoms with Crippen LogP contribution in [0.5, 0.6) is 0 Å². The first kappa shape index (κ1) is 76.8. The van der Waals surface area contributed by atoms with Gasteiger partial charge in [-0.2, -0.15) is 34.7 Å². The molecule has 526 valence electrons. The zero-order chi connectivity index (χ0) is 72.4. The zero-order valence-electron chi connectivity index (χ0n) is 55.5. The number of ether oxygens (including phenoxy) is 3. The highest BCUT2D eigenvalue weighted by atomic mass is 79.9. The van der Waals surface area contributed by atoms with Crippen molar-refractivity contribution in [3.05, 3.63) is 107 Å². The quantitative estimate of drug-likeness (QED) is 0.0375. The normalized spacial score (nSPS) is 12.1. The van der Waals surface area contributed by atoms with Gasteiger partial charge in [-0.1, -0.05) is 18.3 Å². The molecule has 0 aromatic carbocycles. The number of methoxy groups -OCH3 is 2. The third-order valence-corrected chi connectivity index (χ3v) is 18.9. The van der Waals surface area contributed by atoms with E-state index >= 15 is 0 Å². The fraction of sp³-hybridized carbons (Fsp3) is 0.390. The predicted molar refractivity (Wildman–Crippen MR) is 367 cm³/mol. The smallest absolute Gasteiger partial charge is 0.338 e. The molecule has 1 aliphatic rings. The van der Waals surface area contributed by atoms with E-state index in [0.717, 1.165) is 54.5 Å². The van der Waals surface area contributed by atoms with E-state index in [9.17, 15) is 28.8 Å². The summed E-state index contributed by atoms with van der Waals surface area (Å²) in [6.45, 7) is 9.48. The number of thiazole rings is 2. The summed E-state index contributed by atoms with van der Waals surface area (Å²) < 4.78 is 28.6. The number of aryl methyl sites for hydroxylation is 9. The van der Waals surface area contributed by atoms with Crippen molar-refractivity contribution in [2.75, 3.05) is 65.3 Å². The minimum atomic E-state index is -0.537. The molecular weight excluding hydrogens is 1430 g/mol. The molecule has 12 rings (SSSR count). The van der Waals surface area contributed by atoms with Gasteiger partial charge in [0.1, 0.15) is 75.9 Å². The minimum absolute atomic E-state index is 0.101. The molecule has 0 bridgehead atoms. The third-order valence-electron chi connectivity index (χ3n) is 14.1. The van der Waals surface area contributed by atoms with E-state index in [4.69, 9.17) is 36.6 Å². The van der Waals surface area contributed by atoms with Crippen LogP contribution in [0.2, 0.25) is 0 Å². The van der Waals surface area contributed by atoms with Crippen molar-refractivity contribution in [2.24, 2.45) is 34.1 Å². The van der Waals surface area contributed by atoms with Crippen molar-refractivity contribution in [2.45, 2.75) is 66.8 Å². The predicted octanol–water partition coefficient (Wildman–Crippen LogP) is 4.19. The lowest BCUT2D eigenvalue weighted by Gasteiger charge is -2.19. The number of esters is 2. The number of rotatable bonds is 19. The van der Waals surface area contributed by atoms with Gasteiger partial charge in [-0.25, -0.2) is 28.9 Å². The van der Waals surface area contributed by atoms with Crippen LogP contribution in [0.1, 0.15) is 105 Å². The number of carbonyl (C=O) groups is 6. The Morgan fingerprint density at radius 2 is 1.20 bits per heavy atom. The van der Waals surface area contributed by atoms with Gasteiger partial charge < -0.3 is 46.1 Å². The number of carbonyl (C=O) groups excluding carboxylic acids is 6. The van der Waals surface area contributed by atoms with Gasteiger partial charge in [0, 0.05) is 65.3 Å². The summed E-state index contributed by atoms with van der Waals surface area (Å²) in [5.74, 6) is -0.279. The molecule has 1 atom stereocenters. The van der Waals surface area contributed by atoms with E-state index in [1.165, 1.54) is 71.7 Å². The number of aliphatic hydroxyl groups excluding tert-OH is 4. The fourth-order valence-corrected chi connectivity index (χ4v) is 13.6. The molecule has 1 aliphatic heterocycles. The van der Waals surface area contributed by atoms with Gasteiger partial charge in [-0.15, -0.1) is 43.1 Å². The number of nitrogen functional groups attached to an aromatic ring is 2. The van der Waals surface area contributed by atoms with Crippen molar-refractivity contribution in [1.82, 2.24) is 98.0 Å². The number of ketones is 4. The summed E-state index contributed by atoms with van der Waals surface area (Å²) in [5.41, 5.74) is 17.5. The number of Topliss-reactive ketones (excluding diaryl/α,β-unsaturated/α-hetero) is 4. The summed E-state index contributed by atoms with van der Waals surface area (Å²) in [6, 6.07) is 3.15. The number of nitrogens with zero attached hydrogens (tertiary/aromatic N) is 20. The Bertz CT molecular complexity index is 4610. The summed E-state index contributed by atoms with van der Waals surface area (Å²) in [6.07, 6.45) is 10.9. The Kier molecular flexibility index (Phi) is 27.8. The van der Waals surface area contributed by atoms with E-state index in [1.54, 1.807) is 94.2 Å². The SMILES string of the molecule is CCOCCc1sc(-c2cnn(C)c2C(=O)CO)nc1C.CCc1nnc(-c2cnn(C)c2C(=O)CO)s1.COC(=O)C1CCn2nc(N)nc2C1.COC(=O)c1ccn2nc(N)nc2c1.Cc1nc(-c2cnn(C)c2C(=O)CO)c(Br)s1.Cc1nsc(-c2cnn(C)c2C(=O)CO)n1. The van der Waals surface area contributed by atoms with Crippen molar-refractivity contribution < 1.29 is 63.4 Å². The Labute approximate surface area is 588 Å². The van der Waals surface area contributed by atoms with Crippen molar-refractivity contribution in [1.29, 1.82) is 0 Å². The van der Waals surface area contributed by atoms with Gasteiger partial charge in [0.2, 0.25) is 35.0 Å². The second-order valence-corrected chi connectivity index (χ2v) is 26.2. The highest BCUT2D eigenvalue weighted by molar-refractivity contribution is 9.11. The molecule has 11 aromatic rings. The van der Waals surface area contributed by atoms with E-state index in [0.29, 0.717) is 104 Å². The number of nitrogens with two attached hydrogens (primary N) is 2. The lowest BCUT2D eigenvalue weighted by atomic mass is 9.98. The van der Waals surface area contributed by atoms with Crippen molar-refractivity contribution in [3.8, 4) is 43.0 Å². The molecular formula is C59H71BrN22O13S4. The molecule has 0 fully saturated rings. The average Bonchev–Trinajstić information content (AvgIpc) is 1.68. The third kappa shape index (κ3) is 19.2. The number of hydrogen-bond acceptors (Lipinski definition) is 33. The first-order valence-corrected chi connectivity index (χ1v) is 33.8. The Balaban J connectivity index is 0.000000168. The summed E-state index contributed by atoms with van der Waals surface area (Å²) in [4.78, 5) is 91.2. The Morgan fingerprint density at radius 3 is 1.70 bits per heavy atom. The van der Waals surface area contributed by atoms with Gasteiger partial charge >= 0.3 is 11.9 Å². The minimum Gasteiger partial charge on any atom is -0.469 e. The van der Waals surface area contributed by atoms with Crippen LogP contribution in [0.4, 0.5) is 11.9 Å². The van der Waals surface area contributed by atoms with Crippen LogP contribution in [0, 0.1) is 26.7 Å². The van der Waals surface area contributed by atoms with Crippen LogP contribution in [-0.4, -0.2) is 207 Å². The van der Waals surface area contributed by atoms with Gasteiger partial charge in [0.15, 0.2) is 10.7 Å². The van der Waals surface area contributed by atoms with E-state index in [2.05, 4.69) is 95.5 Å². The second kappa shape index (κ2) is 35.8. The number of pyridine rings is 1. The van der Waals surface area contributed by atoms with Crippen molar-refractivity contribution in [3.63, 3.8) is 0 Å². The molecule has 0 amide bonds. The molecule has 0 radical (unpaired) electrons. The van der Waals surface area contributed by atoms with E-state index < -0.39 is 32.4 Å². The summed E-state index contributed by atoms with van der Waals surface area (Å²) >= 11 is 9.09. The lowest BCUT2D eigenvalue weighted by molar-refractivity contribution is -0.146. The largest absolute Gasteiger partial charge is 0.469 e. The molecule has 99 heavy (non-hydrogen) atoms. The Hall–Kier alpha value is -9.52. The van der Waals surface area contributed by atoms with Crippen LogP contribution in [0.3, 0.4) is 0 Å². The summed E-state index contributed by atoms with van der Waals surface area (Å²) in [5, 5.41) is 71.8. The number of aliphatic hydroxyl groups is 4. The van der Waals surface area contributed by atoms with Crippen LogP contribution in [0.15, 0.2) is 46.9 Å². The second-order valence-electron chi connectivity index (χ2n) is 20.8. The first-order valence-electron chi connectivity index (χ1n) is 29.8. The van der Waals surface area contributed by atoms with Gasteiger partial charge in [0.05, 0.1) is 99.5 Å². The number of aromatic nitrogens is 20. The molecule has 0 spiro atoms. The van der Waals surface area contributed by atoms with Gasteiger partial charge in [-0.3, -0.25) is 42.7 Å². The van der Waals surface area contributed by atoms with Crippen LogP contribution < -0.4 is 11.5 Å². The molecule has 8 N–H and O–H groups in total. The molecule has 11 aromatic heterocycles. The van der Waals surface area contributed by atoms with Gasteiger partial charge in [-0.05, 0) is 80.1 Å². The molecule has 12 heterocycles. The van der Waals surface area contributed by atoms with Crippen LogP contribution >= 0.6 is 61.5 Å². The number of anilines is 2. The maximum absolute atomic E-state index is 11.8. The number of hydrogen-bond donors (Lipinski definition) is 6. The van der Waals surface area contributed by atoms with Crippen LogP contribution in [-0.2, 0) is 73.0 Å². The number of halogens is 1. The Morgan fingerprint density at radius 1 is 0.657 bits per heavy atom. The van der Waals surface area contributed by atoms with E-state index in [1.807, 2.05) is 27.7 Å². The maximum atomic E-state index is 11.8. The van der Waals surface area contributed by atoms with Gasteiger partial charge in [0.25, 0.3) is 0 Å². The first-order chi connectivity index (χ1) is 47.3. The molecule has 0 saturated carbocycles. The summed E-state index contributed by atoms with van der Waals surface area (Å²) in [7, 11) is 9.39. The topological polar surface area (TPSA) is 473 Å². The highest BCUT2D eigenvalue weighted by Crippen LogP contribution is 2.35. The van der Waals surface area contributed by atoms with E-state index in [-0.39, 0.29) is 46.9 Å². The lowest BCUT2D eigenvalue weighted by Crippen LogP contribution is -2.27. The molecule has 1 unspecified atom stereocenters. The standard InChI is InChI=1S/C14H19N3O3S.C10H10BrN3O2S.C10H12N4O2S.C9H10N4O2S.C8H12N4O2.C8H8N4O2/c1-4-20-6-5-12-9(2)16-14(21-12)10-7-15-17(3)13(10)11(19)8-18;1-5-13-8(10(11)17-5)6-3-12-14(2)9(6)7(16)4-15;1-3-8-12-13-10(17-8)6-4-11-14(2)9(6)7(16)5-15;1-5-11-9(16-12-5)6-3-10-13(2)8(6)7(15)4-14;2*1-14-7(13)5-2-3-12-6(4-5)10-8(9)11-12/h7,18H,4-6,8H2,1-3H3;3,15H,4H2,1-2H3;4,15H,3,5H2,1-2H3;3,14H,4H2,1-2H3;5H,2-4H2,1H3,(H2,9,11);2-4H,1H3,(H2,9,11). The zero-order valence-corrected chi connectivity index (χ0v) is 60.3. The molecule has 35 nitrogen and oxygen atoms in total. The van der Waals surface area contributed by atoms with Crippen LogP contribution in [0.25, 0.3) is 48.6 Å². The molecule has 0 saturated heterocycles. The fourth-order valence-electron chi connectivity index (χ4n) is 9.42. The molecule has 0 aliphatic carbocycles. The number of fused-ring (bicyclic) bond motifs is 2. The molecule has 40 heteroatoms. The van der Waals surface area contributed by atoms with Crippen molar-refractivity contribution >= 4 is 114 Å². The average molecular weight is 1500 g/mol. The maximum Gasteiger partial charge on any atom is 0.338 e. The monoisotopic (exact) mass is 1500 g/mol. The highest BCUT2D eigenvalue weighted by Gasteiger charge is 2.28.